The van der Waals surface area contributed by atoms with Gasteiger partial charge in [-0.25, -0.2) is 4.39 Å². The number of benzene rings is 5. The summed E-state index contributed by atoms with van der Waals surface area (Å²) in [5.41, 5.74) is 2.86. The highest BCUT2D eigenvalue weighted by molar-refractivity contribution is 5.89. The molecule has 0 aliphatic carbocycles. The van der Waals surface area contributed by atoms with Crippen molar-refractivity contribution in [2.45, 2.75) is 19.0 Å². The SMILES string of the molecule is C[C@H](N[C@@H](c1ccc(F)cc1)c1c(O)ccc2ccccc12)c1cccc2ccccc12. The van der Waals surface area contributed by atoms with Crippen molar-refractivity contribution in [3.05, 3.63) is 126 Å². The van der Waals surface area contributed by atoms with Gasteiger partial charge in [0.1, 0.15) is 11.6 Å². The van der Waals surface area contributed by atoms with Crippen molar-refractivity contribution in [3.8, 4) is 5.75 Å². The largest absolute Gasteiger partial charge is 0.508 e. The summed E-state index contributed by atoms with van der Waals surface area (Å²) in [6.07, 6.45) is 0. The number of nitrogens with one attached hydrogen (secondary N) is 1. The summed E-state index contributed by atoms with van der Waals surface area (Å²) in [6, 6.07) is 32.5. The third-order valence-corrected chi connectivity index (χ3v) is 6.15. The Morgan fingerprint density at radius 2 is 1.31 bits per heavy atom. The van der Waals surface area contributed by atoms with Crippen molar-refractivity contribution in [2.75, 3.05) is 0 Å². The molecule has 0 bridgehead atoms. The Balaban J connectivity index is 1.65. The van der Waals surface area contributed by atoms with E-state index in [1.165, 1.54) is 28.5 Å². The molecule has 5 rings (SSSR count). The fourth-order valence-corrected chi connectivity index (χ4v) is 4.56. The van der Waals surface area contributed by atoms with Crippen molar-refractivity contribution in [1.82, 2.24) is 5.32 Å². The smallest absolute Gasteiger partial charge is 0.123 e. The van der Waals surface area contributed by atoms with Gasteiger partial charge in [-0.05, 0) is 57.8 Å². The summed E-state index contributed by atoms with van der Waals surface area (Å²) in [4.78, 5) is 0. The van der Waals surface area contributed by atoms with Gasteiger partial charge in [0, 0.05) is 11.6 Å². The molecule has 2 atom stereocenters. The number of hydrogen-bond acceptors (Lipinski definition) is 2. The van der Waals surface area contributed by atoms with Crippen molar-refractivity contribution in [1.29, 1.82) is 0 Å². The molecule has 5 aromatic rings. The molecule has 0 radical (unpaired) electrons. The van der Waals surface area contributed by atoms with Crippen LogP contribution in [0.15, 0.2) is 103 Å². The molecule has 2 nitrogen and oxygen atoms in total. The summed E-state index contributed by atoms with van der Waals surface area (Å²) in [5, 5.41) is 19.1. The Morgan fingerprint density at radius 1 is 0.688 bits per heavy atom. The molecule has 32 heavy (non-hydrogen) atoms. The number of hydrogen-bond donors (Lipinski definition) is 2. The fraction of sp³-hybridized carbons (Fsp3) is 0.103. The van der Waals surface area contributed by atoms with Crippen molar-refractivity contribution in [3.63, 3.8) is 0 Å². The topological polar surface area (TPSA) is 32.3 Å². The van der Waals surface area contributed by atoms with Crippen LogP contribution < -0.4 is 5.32 Å². The van der Waals surface area contributed by atoms with E-state index in [-0.39, 0.29) is 23.7 Å². The molecule has 0 fully saturated rings. The lowest BCUT2D eigenvalue weighted by Crippen LogP contribution is -2.26. The Labute approximate surface area is 187 Å². The normalized spacial score (nSPS) is 13.3. The molecule has 5 aromatic carbocycles. The van der Waals surface area contributed by atoms with Gasteiger partial charge >= 0.3 is 0 Å². The van der Waals surface area contributed by atoms with E-state index in [4.69, 9.17) is 0 Å². The zero-order valence-electron chi connectivity index (χ0n) is 17.8. The zero-order chi connectivity index (χ0) is 22.1. The van der Waals surface area contributed by atoms with E-state index in [0.29, 0.717) is 0 Å². The highest BCUT2D eigenvalue weighted by Crippen LogP contribution is 2.38. The quantitative estimate of drug-likeness (QED) is 0.313. The Morgan fingerprint density at radius 3 is 2.06 bits per heavy atom. The molecule has 0 spiro atoms. The van der Waals surface area contributed by atoms with Gasteiger partial charge in [0.05, 0.1) is 6.04 Å². The zero-order valence-corrected chi connectivity index (χ0v) is 17.8. The van der Waals surface area contributed by atoms with E-state index < -0.39 is 0 Å². The molecule has 0 amide bonds. The van der Waals surface area contributed by atoms with Crippen LogP contribution in [0.2, 0.25) is 0 Å². The van der Waals surface area contributed by atoms with Gasteiger partial charge in [0.25, 0.3) is 0 Å². The van der Waals surface area contributed by atoms with Crippen molar-refractivity contribution in [2.24, 2.45) is 0 Å². The molecule has 0 aromatic heterocycles. The average molecular weight is 422 g/mol. The number of halogens is 1. The van der Waals surface area contributed by atoms with E-state index in [1.807, 2.05) is 42.5 Å². The Kier molecular flexibility index (Phi) is 5.34. The molecule has 0 aliphatic heterocycles. The predicted octanol–water partition coefficient (Wildman–Crippen LogP) is 7.28. The Hall–Kier alpha value is -3.69. The van der Waals surface area contributed by atoms with Gasteiger partial charge in [0.2, 0.25) is 0 Å². The summed E-state index contributed by atoms with van der Waals surface area (Å²) in [6.45, 7) is 2.13. The minimum Gasteiger partial charge on any atom is -0.508 e. The third kappa shape index (κ3) is 3.72. The maximum absolute atomic E-state index is 13.7. The van der Waals surface area contributed by atoms with Crippen LogP contribution in [-0.4, -0.2) is 5.11 Å². The lowest BCUT2D eigenvalue weighted by atomic mass is 9.91. The highest BCUT2D eigenvalue weighted by Gasteiger charge is 2.23. The highest BCUT2D eigenvalue weighted by atomic mass is 19.1. The molecule has 0 unspecified atom stereocenters. The molecule has 158 valence electrons. The summed E-state index contributed by atoms with van der Waals surface area (Å²) >= 11 is 0. The van der Waals surface area contributed by atoms with Crippen molar-refractivity contribution < 1.29 is 9.50 Å². The van der Waals surface area contributed by atoms with Gasteiger partial charge in [-0.15, -0.1) is 0 Å². The minimum atomic E-state index is -0.323. The lowest BCUT2D eigenvalue weighted by molar-refractivity contribution is 0.449. The predicted molar refractivity (Wildman–Crippen MR) is 129 cm³/mol. The van der Waals surface area contributed by atoms with Crippen LogP contribution in [0.4, 0.5) is 4.39 Å². The van der Waals surface area contributed by atoms with Gasteiger partial charge < -0.3 is 5.11 Å². The molecule has 0 heterocycles. The standard InChI is InChI=1S/C29H24FNO/c1-19(24-12-6-9-20-7-2-4-10-25(20)24)31-29(22-13-16-23(30)17-14-22)28-26-11-5-3-8-21(26)15-18-27(28)32/h2-19,29,31-32H,1H3/t19-,29-/m0/s1. The van der Waals surface area contributed by atoms with Crippen LogP contribution in [0.25, 0.3) is 21.5 Å². The van der Waals surface area contributed by atoms with Gasteiger partial charge in [-0.3, -0.25) is 5.32 Å². The first-order valence-corrected chi connectivity index (χ1v) is 10.8. The van der Waals surface area contributed by atoms with Gasteiger partial charge in [0.15, 0.2) is 0 Å². The molecular formula is C29H24FNO. The molecule has 0 aliphatic rings. The van der Waals surface area contributed by atoms with Gasteiger partial charge in [-0.1, -0.05) is 84.9 Å². The second-order valence-electron chi connectivity index (χ2n) is 8.16. The number of aromatic hydroxyl groups is 1. The van der Waals surface area contributed by atoms with E-state index >= 15 is 0 Å². The molecule has 0 saturated carbocycles. The maximum Gasteiger partial charge on any atom is 0.123 e. The fourth-order valence-electron chi connectivity index (χ4n) is 4.56. The first-order chi connectivity index (χ1) is 15.6. The van der Waals surface area contributed by atoms with Gasteiger partial charge in [-0.2, -0.15) is 0 Å². The van der Waals surface area contributed by atoms with Crippen LogP contribution in [0.3, 0.4) is 0 Å². The third-order valence-electron chi connectivity index (χ3n) is 6.15. The van der Waals surface area contributed by atoms with Crippen LogP contribution in [0.1, 0.15) is 35.7 Å². The second-order valence-corrected chi connectivity index (χ2v) is 8.16. The number of phenolic OH excluding ortho intramolecular Hbond substituents is 1. The Bertz CT molecular complexity index is 1390. The van der Waals surface area contributed by atoms with E-state index in [2.05, 4.69) is 42.6 Å². The number of fused-ring (bicyclic) bond motifs is 2. The van der Waals surface area contributed by atoms with Crippen LogP contribution >= 0.6 is 0 Å². The summed E-state index contributed by atoms with van der Waals surface area (Å²) in [7, 11) is 0. The lowest BCUT2D eigenvalue weighted by Gasteiger charge is -2.27. The van der Waals surface area contributed by atoms with E-state index in [9.17, 15) is 9.50 Å². The number of rotatable bonds is 5. The van der Waals surface area contributed by atoms with Crippen LogP contribution in [-0.2, 0) is 0 Å². The second kappa shape index (κ2) is 8.45. The first kappa shape index (κ1) is 20.2. The van der Waals surface area contributed by atoms with E-state index in [0.717, 1.165) is 21.9 Å². The molecule has 2 N–H and O–H groups in total. The molecular weight excluding hydrogens is 397 g/mol. The molecule has 0 saturated heterocycles. The molecule has 3 heteroatoms. The minimum absolute atomic E-state index is 0.0190. The van der Waals surface area contributed by atoms with Crippen LogP contribution in [0, 0.1) is 5.82 Å². The van der Waals surface area contributed by atoms with E-state index in [1.54, 1.807) is 18.2 Å². The van der Waals surface area contributed by atoms with Crippen LogP contribution in [0.5, 0.6) is 5.75 Å². The summed E-state index contributed by atoms with van der Waals surface area (Å²) in [5.74, 6) is -0.0626. The number of phenols is 1. The first-order valence-electron chi connectivity index (χ1n) is 10.8. The monoisotopic (exact) mass is 421 g/mol. The average Bonchev–Trinajstić information content (AvgIpc) is 2.83. The maximum atomic E-state index is 13.7. The summed E-state index contributed by atoms with van der Waals surface area (Å²) < 4.78 is 13.7. The van der Waals surface area contributed by atoms with Crippen molar-refractivity contribution >= 4 is 21.5 Å².